The summed E-state index contributed by atoms with van der Waals surface area (Å²) in [5, 5.41) is 12.6. The molecule has 9 heteroatoms. The molecule has 0 radical (unpaired) electrons. The van der Waals surface area contributed by atoms with Crippen LogP contribution < -0.4 is 9.47 Å². The van der Waals surface area contributed by atoms with Crippen LogP contribution in [-0.2, 0) is 16.1 Å². The van der Waals surface area contributed by atoms with E-state index >= 15 is 0 Å². The first-order valence-corrected chi connectivity index (χ1v) is 14.7. The predicted molar refractivity (Wildman–Crippen MR) is 168 cm³/mol. The van der Waals surface area contributed by atoms with E-state index in [1.54, 1.807) is 38.3 Å². The molecule has 41 heavy (non-hydrogen) atoms. The maximum Gasteiger partial charge on any atom is 0.344 e. The highest BCUT2D eigenvalue weighted by Crippen LogP contribution is 2.41. The number of aliphatic hydroxyl groups excluding tert-OH is 1. The summed E-state index contributed by atoms with van der Waals surface area (Å²) in [5.41, 5.74) is 3.68. The van der Waals surface area contributed by atoms with Crippen molar-refractivity contribution in [3.63, 3.8) is 0 Å². The van der Waals surface area contributed by atoms with Crippen LogP contribution in [0.4, 0.5) is 5.69 Å². The largest absolute Gasteiger partial charge is 0.506 e. The van der Waals surface area contributed by atoms with Gasteiger partial charge in [0.05, 0.1) is 30.9 Å². The number of benzene rings is 3. The number of hydrogen-bond acceptors (Lipinski definition) is 7. The van der Waals surface area contributed by atoms with Crippen molar-refractivity contribution in [2.24, 2.45) is 4.99 Å². The number of aliphatic hydroxyl groups is 1. The van der Waals surface area contributed by atoms with Crippen LogP contribution in [0.15, 0.2) is 98.6 Å². The Morgan fingerprint density at radius 2 is 1.90 bits per heavy atom. The molecule has 210 valence electrons. The number of fused-ring (bicyclic) bond motifs is 1. The van der Waals surface area contributed by atoms with Gasteiger partial charge in [-0.05, 0) is 74.0 Å². The van der Waals surface area contributed by atoms with Crippen molar-refractivity contribution in [1.29, 1.82) is 0 Å². The van der Waals surface area contributed by atoms with Crippen LogP contribution in [0.3, 0.4) is 0 Å². The maximum atomic E-state index is 12.9. The third kappa shape index (κ3) is 6.36. The SMILES string of the molecule is CCOC(=O)C1=C(O)/C(=C/c2cn(CCOc3ccccc3C)c3ccc(Br)cc23)SC1=Nc1ccc(OC)cc1. The van der Waals surface area contributed by atoms with Crippen LogP contribution in [0.25, 0.3) is 17.0 Å². The van der Waals surface area contributed by atoms with Crippen molar-refractivity contribution >= 4 is 61.4 Å². The number of carbonyl (C=O) groups excluding carboxylic acids is 1. The summed E-state index contributed by atoms with van der Waals surface area (Å²) in [6, 6.07) is 21.2. The van der Waals surface area contributed by atoms with Crippen LogP contribution in [0.2, 0.25) is 0 Å². The van der Waals surface area contributed by atoms with Gasteiger partial charge in [0, 0.05) is 27.1 Å². The summed E-state index contributed by atoms with van der Waals surface area (Å²) in [7, 11) is 1.59. The van der Waals surface area contributed by atoms with E-state index in [9.17, 15) is 9.90 Å². The van der Waals surface area contributed by atoms with Gasteiger partial charge in [-0.25, -0.2) is 9.79 Å². The predicted octanol–water partition coefficient (Wildman–Crippen LogP) is 7.99. The third-order valence-electron chi connectivity index (χ3n) is 6.52. The minimum absolute atomic E-state index is 0.0514. The third-order valence-corrected chi connectivity index (χ3v) is 8.03. The molecule has 1 aliphatic rings. The summed E-state index contributed by atoms with van der Waals surface area (Å²) >= 11 is 4.82. The highest BCUT2D eigenvalue weighted by molar-refractivity contribution is 9.10. The average molecular weight is 634 g/mol. The van der Waals surface area contributed by atoms with Gasteiger partial charge >= 0.3 is 5.97 Å². The van der Waals surface area contributed by atoms with Crippen molar-refractivity contribution in [1.82, 2.24) is 4.57 Å². The van der Waals surface area contributed by atoms with Gasteiger partial charge in [0.1, 0.15) is 34.5 Å². The molecule has 1 aromatic heterocycles. The van der Waals surface area contributed by atoms with Gasteiger partial charge in [-0.3, -0.25) is 0 Å². The fourth-order valence-corrected chi connectivity index (χ4v) is 5.86. The van der Waals surface area contributed by atoms with Crippen molar-refractivity contribution in [2.75, 3.05) is 20.3 Å². The molecule has 0 unspecified atom stereocenters. The Bertz CT molecular complexity index is 1690. The molecule has 1 aliphatic heterocycles. The van der Waals surface area contributed by atoms with E-state index in [-0.39, 0.29) is 17.9 Å². The fourth-order valence-electron chi connectivity index (χ4n) is 4.48. The maximum absolute atomic E-state index is 12.9. The number of para-hydroxylation sites is 1. The van der Waals surface area contributed by atoms with E-state index < -0.39 is 5.97 Å². The average Bonchev–Trinajstić information content (AvgIpc) is 3.46. The number of aryl methyl sites for hydroxylation is 1. The smallest absolute Gasteiger partial charge is 0.344 e. The lowest BCUT2D eigenvalue weighted by Gasteiger charge is -2.10. The molecule has 0 amide bonds. The first-order valence-electron chi connectivity index (χ1n) is 13.1. The number of aliphatic imine (C=N–C) groups is 1. The van der Waals surface area contributed by atoms with Crippen molar-refractivity contribution in [3.8, 4) is 11.5 Å². The Kier molecular flexibility index (Phi) is 8.85. The van der Waals surface area contributed by atoms with Crippen LogP contribution in [0, 0.1) is 6.92 Å². The van der Waals surface area contributed by atoms with Gasteiger partial charge < -0.3 is 23.9 Å². The fraction of sp³-hybridized carbons (Fsp3) is 0.188. The molecule has 2 heterocycles. The molecule has 0 saturated heterocycles. The minimum atomic E-state index is -0.619. The number of ether oxygens (including phenoxy) is 3. The number of methoxy groups -OCH3 is 1. The number of thioether (sulfide) groups is 1. The van der Waals surface area contributed by atoms with E-state index in [1.165, 1.54) is 11.8 Å². The summed E-state index contributed by atoms with van der Waals surface area (Å²) in [6.45, 7) is 5.05. The number of carbonyl (C=O) groups is 1. The zero-order chi connectivity index (χ0) is 28.9. The number of rotatable bonds is 9. The molecule has 3 aromatic carbocycles. The monoisotopic (exact) mass is 632 g/mol. The second-order valence-corrected chi connectivity index (χ2v) is 11.2. The molecule has 0 atom stereocenters. The molecule has 0 bridgehead atoms. The molecule has 4 aromatic rings. The zero-order valence-corrected chi connectivity index (χ0v) is 25.3. The standard InChI is InChI=1S/C32H29BrN2O5S/c1-4-39-32(37)29-30(36)28(41-31(29)34-23-10-12-24(38-3)13-11-23)17-21-19-35(26-14-9-22(33)18-25(21)26)15-16-40-27-8-6-5-7-20(27)2/h5-14,17-19,36H,4,15-16H2,1-3H3/b28-17-,34-31?. The first kappa shape index (κ1) is 28.6. The molecule has 0 spiro atoms. The van der Waals surface area contributed by atoms with Crippen molar-refractivity contribution < 1.29 is 24.1 Å². The van der Waals surface area contributed by atoms with Crippen molar-refractivity contribution in [2.45, 2.75) is 20.4 Å². The highest BCUT2D eigenvalue weighted by atomic mass is 79.9. The number of aromatic nitrogens is 1. The van der Waals surface area contributed by atoms with Crippen LogP contribution in [-0.4, -0.2) is 41.0 Å². The number of nitrogens with zero attached hydrogens (tertiary/aromatic N) is 2. The summed E-state index contributed by atoms with van der Waals surface area (Å²) in [4.78, 5) is 18.0. The molecular weight excluding hydrogens is 604 g/mol. The molecule has 1 N–H and O–H groups in total. The Labute approximate surface area is 251 Å². The zero-order valence-electron chi connectivity index (χ0n) is 22.9. The molecular formula is C32H29BrN2O5S. The quantitative estimate of drug-likeness (QED) is 0.188. The number of hydrogen-bond donors (Lipinski definition) is 1. The number of halogens is 1. The Balaban J connectivity index is 1.49. The van der Waals surface area contributed by atoms with E-state index in [0.29, 0.717) is 34.5 Å². The lowest BCUT2D eigenvalue weighted by molar-refractivity contribution is -0.138. The Hall–Kier alpha value is -3.95. The Morgan fingerprint density at radius 1 is 1.12 bits per heavy atom. The van der Waals surface area contributed by atoms with Crippen LogP contribution in [0.5, 0.6) is 11.5 Å². The van der Waals surface area contributed by atoms with Gasteiger partial charge in [-0.2, -0.15) is 0 Å². The van der Waals surface area contributed by atoms with Gasteiger partial charge in [-0.1, -0.05) is 45.9 Å². The molecule has 7 nitrogen and oxygen atoms in total. The minimum Gasteiger partial charge on any atom is -0.506 e. The van der Waals surface area contributed by atoms with Gasteiger partial charge in [-0.15, -0.1) is 0 Å². The lowest BCUT2D eigenvalue weighted by atomic mass is 10.1. The topological polar surface area (TPSA) is 82.3 Å². The van der Waals surface area contributed by atoms with Gasteiger partial charge in [0.2, 0.25) is 0 Å². The van der Waals surface area contributed by atoms with E-state index in [2.05, 4.69) is 25.5 Å². The van der Waals surface area contributed by atoms with Gasteiger partial charge in [0.25, 0.3) is 0 Å². The van der Waals surface area contributed by atoms with Crippen molar-refractivity contribution in [3.05, 3.63) is 105 Å². The van der Waals surface area contributed by atoms with Crippen LogP contribution >= 0.6 is 27.7 Å². The van der Waals surface area contributed by atoms with E-state index in [1.807, 2.05) is 61.7 Å². The second kappa shape index (κ2) is 12.7. The lowest BCUT2D eigenvalue weighted by Crippen LogP contribution is -2.12. The van der Waals surface area contributed by atoms with Crippen LogP contribution in [0.1, 0.15) is 18.1 Å². The molecule has 0 saturated carbocycles. The Morgan fingerprint density at radius 3 is 2.63 bits per heavy atom. The second-order valence-electron chi connectivity index (χ2n) is 9.22. The van der Waals surface area contributed by atoms with E-state index in [0.717, 1.165) is 32.3 Å². The van der Waals surface area contributed by atoms with Gasteiger partial charge in [0.15, 0.2) is 0 Å². The molecule has 0 aliphatic carbocycles. The summed E-state index contributed by atoms with van der Waals surface area (Å²) < 4.78 is 19.6. The normalized spacial score (nSPS) is 15.2. The first-order chi connectivity index (χ1) is 19.9. The summed E-state index contributed by atoms with van der Waals surface area (Å²) in [6.07, 6.45) is 3.91. The molecule has 5 rings (SSSR count). The molecule has 0 fully saturated rings. The number of esters is 1. The summed E-state index contributed by atoms with van der Waals surface area (Å²) in [5.74, 6) is 0.789. The highest BCUT2D eigenvalue weighted by Gasteiger charge is 2.33. The van der Waals surface area contributed by atoms with E-state index in [4.69, 9.17) is 14.2 Å².